The molecular weight excluding hydrogens is 392 g/mol. The summed E-state index contributed by atoms with van der Waals surface area (Å²) in [5.74, 6) is -0.397. The first-order valence-electron chi connectivity index (χ1n) is 12.2. The van der Waals surface area contributed by atoms with E-state index in [-0.39, 0.29) is 35.9 Å². The second-order valence-corrected chi connectivity index (χ2v) is 8.93. The van der Waals surface area contributed by atoms with E-state index in [4.69, 9.17) is 4.74 Å². The van der Waals surface area contributed by atoms with Gasteiger partial charge < -0.3 is 14.9 Å². The van der Waals surface area contributed by atoms with Gasteiger partial charge in [-0.25, -0.2) is 0 Å². The lowest BCUT2D eigenvalue weighted by molar-refractivity contribution is -0.144. The Morgan fingerprint density at radius 3 is 2.58 bits per heavy atom. The quantitative estimate of drug-likeness (QED) is 0.211. The molecule has 0 aromatic rings. The van der Waals surface area contributed by atoms with Gasteiger partial charge in [0.05, 0.1) is 18.3 Å². The summed E-state index contributed by atoms with van der Waals surface area (Å²) in [6, 6.07) is 0. The lowest BCUT2D eigenvalue weighted by atomic mass is 9.86. The molecule has 0 saturated heterocycles. The van der Waals surface area contributed by atoms with Gasteiger partial charge in [-0.2, -0.15) is 0 Å². The molecule has 0 aromatic carbocycles. The summed E-state index contributed by atoms with van der Waals surface area (Å²) >= 11 is 0. The third kappa shape index (κ3) is 9.69. The number of Topliss-reactive ketones (excluding diaryl/α,β-unsaturated/α-hetero) is 1. The van der Waals surface area contributed by atoms with E-state index in [1.165, 1.54) is 0 Å². The molecule has 0 radical (unpaired) electrons. The third-order valence-electron chi connectivity index (χ3n) is 6.56. The maximum Gasteiger partial charge on any atom is 0.306 e. The number of esters is 1. The van der Waals surface area contributed by atoms with Crippen LogP contribution in [-0.2, 0) is 14.3 Å². The summed E-state index contributed by atoms with van der Waals surface area (Å²) in [5, 5.41) is 21.3. The number of rotatable bonds is 15. The van der Waals surface area contributed by atoms with Crippen molar-refractivity contribution >= 4 is 11.8 Å². The monoisotopic (exact) mass is 436 g/mol. The van der Waals surface area contributed by atoms with Crippen LogP contribution in [-0.4, -0.2) is 40.3 Å². The molecule has 1 aliphatic carbocycles. The molecule has 31 heavy (non-hydrogen) atoms. The van der Waals surface area contributed by atoms with E-state index in [1.54, 1.807) is 6.08 Å². The fourth-order valence-electron chi connectivity index (χ4n) is 4.26. The summed E-state index contributed by atoms with van der Waals surface area (Å²) in [7, 11) is 0. The average Bonchev–Trinajstić information content (AvgIpc) is 3.01. The van der Waals surface area contributed by atoms with Crippen molar-refractivity contribution in [1.29, 1.82) is 0 Å². The van der Waals surface area contributed by atoms with Gasteiger partial charge in [-0.1, -0.05) is 70.8 Å². The van der Waals surface area contributed by atoms with Crippen molar-refractivity contribution in [3.05, 3.63) is 24.3 Å². The highest BCUT2D eigenvalue weighted by atomic mass is 16.5. The van der Waals surface area contributed by atoms with Crippen molar-refractivity contribution < 1.29 is 24.5 Å². The average molecular weight is 437 g/mol. The summed E-state index contributed by atoms with van der Waals surface area (Å²) in [6.45, 7) is 8.37. The fraction of sp³-hybridized carbons (Fsp3) is 0.769. The molecule has 2 N–H and O–H groups in total. The molecule has 0 amide bonds. The number of carbonyl (C=O) groups excluding carboxylic acids is 2. The van der Waals surface area contributed by atoms with Crippen molar-refractivity contribution in [3.63, 3.8) is 0 Å². The van der Waals surface area contributed by atoms with Gasteiger partial charge >= 0.3 is 5.97 Å². The van der Waals surface area contributed by atoms with Gasteiger partial charge in [-0.3, -0.25) is 9.59 Å². The predicted molar refractivity (Wildman–Crippen MR) is 125 cm³/mol. The zero-order valence-electron chi connectivity index (χ0n) is 20.0. The molecule has 178 valence electrons. The van der Waals surface area contributed by atoms with Crippen LogP contribution in [0.2, 0.25) is 0 Å². The van der Waals surface area contributed by atoms with E-state index in [2.05, 4.69) is 19.9 Å². The Kier molecular flexibility index (Phi) is 13.0. The largest absolute Gasteiger partial charge is 0.466 e. The van der Waals surface area contributed by atoms with Crippen LogP contribution in [0.4, 0.5) is 0 Å². The molecule has 5 atom stereocenters. The minimum atomic E-state index is -0.884. The Hall–Kier alpha value is -1.46. The molecular formula is C26H44O5. The molecule has 1 rings (SSSR count). The van der Waals surface area contributed by atoms with Gasteiger partial charge in [0, 0.05) is 24.7 Å². The van der Waals surface area contributed by atoms with Crippen LogP contribution < -0.4 is 0 Å². The maximum atomic E-state index is 12.5. The second-order valence-electron chi connectivity index (χ2n) is 8.93. The molecule has 1 fully saturated rings. The predicted octanol–water partition coefficient (Wildman–Crippen LogP) is 5.15. The van der Waals surface area contributed by atoms with Gasteiger partial charge in [0.1, 0.15) is 5.78 Å². The van der Waals surface area contributed by atoms with Crippen LogP contribution in [0.3, 0.4) is 0 Å². The highest BCUT2D eigenvalue weighted by molar-refractivity contribution is 5.86. The second kappa shape index (κ2) is 14.6. The third-order valence-corrected chi connectivity index (χ3v) is 6.56. The molecule has 5 nitrogen and oxygen atoms in total. The minimum absolute atomic E-state index is 0.0444. The highest BCUT2D eigenvalue weighted by Gasteiger charge is 2.39. The zero-order valence-corrected chi connectivity index (χ0v) is 20.0. The summed E-state index contributed by atoms with van der Waals surface area (Å²) in [5.41, 5.74) is -0.884. The highest BCUT2D eigenvalue weighted by Crippen LogP contribution is 2.34. The van der Waals surface area contributed by atoms with E-state index in [0.29, 0.717) is 32.3 Å². The van der Waals surface area contributed by atoms with Crippen LogP contribution in [0.5, 0.6) is 0 Å². The van der Waals surface area contributed by atoms with Crippen molar-refractivity contribution in [2.45, 2.75) is 104 Å². The molecule has 0 aromatic heterocycles. The van der Waals surface area contributed by atoms with Crippen LogP contribution in [0.1, 0.15) is 91.9 Å². The van der Waals surface area contributed by atoms with Crippen LogP contribution >= 0.6 is 0 Å². The first-order chi connectivity index (χ1) is 14.8. The van der Waals surface area contributed by atoms with Gasteiger partial charge in [0.25, 0.3) is 0 Å². The SMILES string of the molecule is CCCCC[C@@](O)(/C=C/[C@H]1C(=O)C[C@H](O)[C@@H]1C/C=C\CC(CC)CC(=O)OCC)CC. The standard InChI is InChI=1S/C26H44O5/c1-5-9-12-16-26(30,7-3)17-15-22-21(23(27)19-24(22)28)14-11-10-13-20(6-2)18-25(29)31-8-4/h10-11,15,17,20-23,27,30H,5-9,12-14,16,18-19H2,1-4H3/b11-10-,17-15+/t20?,21-,22-,23+,26-/m1/s1. The minimum Gasteiger partial charge on any atom is -0.466 e. The first-order valence-corrected chi connectivity index (χ1v) is 12.2. The Bertz CT molecular complexity index is 597. The van der Waals surface area contributed by atoms with Gasteiger partial charge in [0.15, 0.2) is 0 Å². The molecule has 5 heteroatoms. The number of hydrogen-bond donors (Lipinski definition) is 2. The van der Waals surface area contributed by atoms with Crippen LogP contribution in [0, 0.1) is 17.8 Å². The molecule has 1 aliphatic rings. The zero-order chi connectivity index (χ0) is 23.3. The number of unbranched alkanes of at least 4 members (excludes halogenated alkanes) is 2. The maximum absolute atomic E-state index is 12.5. The molecule has 0 spiro atoms. The lowest BCUT2D eigenvalue weighted by Gasteiger charge is -2.24. The Morgan fingerprint density at radius 1 is 1.23 bits per heavy atom. The molecule has 0 heterocycles. The summed E-state index contributed by atoms with van der Waals surface area (Å²) in [6.07, 6.45) is 14.4. The molecule has 1 unspecified atom stereocenters. The van der Waals surface area contributed by atoms with Gasteiger partial charge in [-0.05, 0) is 38.5 Å². The lowest BCUT2D eigenvalue weighted by Crippen LogP contribution is -2.26. The van der Waals surface area contributed by atoms with E-state index in [0.717, 1.165) is 32.1 Å². The molecule has 1 saturated carbocycles. The van der Waals surface area contributed by atoms with E-state index in [9.17, 15) is 19.8 Å². The smallest absolute Gasteiger partial charge is 0.306 e. The Labute approximate surface area is 189 Å². The van der Waals surface area contributed by atoms with E-state index in [1.807, 2.05) is 26.0 Å². The summed E-state index contributed by atoms with van der Waals surface area (Å²) < 4.78 is 5.03. The number of aliphatic hydroxyl groups is 2. The fourth-order valence-corrected chi connectivity index (χ4v) is 4.26. The number of ether oxygens (including phenoxy) is 1. The van der Waals surface area contributed by atoms with E-state index >= 15 is 0 Å². The van der Waals surface area contributed by atoms with Crippen LogP contribution in [0.15, 0.2) is 24.3 Å². The Morgan fingerprint density at radius 2 is 1.97 bits per heavy atom. The number of hydrogen-bond acceptors (Lipinski definition) is 5. The summed E-state index contributed by atoms with van der Waals surface area (Å²) in [4.78, 5) is 24.2. The first kappa shape index (κ1) is 27.6. The van der Waals surface area contributed by atoms with Gasteiger partial charge in [-0.15, -0.1) is 0 Å². The number of aliphatic hydroxyl groups excluding tert-OH is 1. The molecule has 0 bridgehead atoms. The van der Waals surface area contributed by atoms with Crippen molar-refractivity contribution in [1.82, 2.24) is 0 Å². The topological polar surface area (TPSA) is 83.8 Å². The van der Waals surface area contributed by atoms with Crippen molar-refractivity contribution in [2.24, 2.45) is 17.8 Å². The van der Waals surface area contributed by atoms with Crippen molar-refractivity contribution in [2.75, 3.05) is 6.61 Å². The normalized spacial score (nSPS) is 24.7. The Balaban J connectivity index is 2.69. The van der Waals surface area contributed by atoms with Gasteiger partial charge in [0.2, 0.25) is 0 Å². The van der Waals surface area contributed by atoms with E-state index < -0.39 is 11.7 Å². The number of allylic oxidation sites excluding steroid dienone is 3. The number of carbonyl (C=O) groups is 2. The van der Waals surface area contributed by atoms with Crippen molar-refractivity contribution in [3.8, 4) is 0 Å². The number of ketones is 1. The molecule has 0 aliphatic heterocycles. The van der Waals surface area contributed by atoms with Crippen LogP contribution in [0.25, 0.3) is 0 Å².